The Hall–Kier alpha value is -1.40. The van der Waals surface area contributed by atoms with Gasteiger partial charge in [0.25, 0.3) is 0 Å². The number of likely N-dealkylation sites (N-methyl/N-ethyl adjacent to an activating group) is 2. The lowest BCUT2D eigenvalue weighted by Gasteiger charge is -2.38. The Bertz CT molecular complexity index is 494. The van der Waals surface area contributed by atoms with Gasteiger partial charge in [0.2, 0.25) is 11.2 Å². The summed E-state index contributed by atoms with van der Waals surface area (Å²) in [5.41, 5.74) is 1.33. The molecule has 1 aliphatic heterocycles. The number of hydrogen-bond donors (Lipinski definition) is 1. The van der Waals surface area contributed by atoms with Crippen LogP contribution in [0.2, 0.25) is 5.28 Å². The number of aryl methyl sites for hydroxylation is 1. The van der Waals surface area contributed by atoms with Crippen LogP contribution in [-0.4, -0.2) is 47.7 Å². The van der Waals surface area contributed by atoms with Crippen molar-refractivity contribution in [2.45, 2.75) is 19.4 Å². The van der Waals surface area contributed by atoms with Crippen molar-refractivity contribution in [2.75, 3.05) is 30.5 Å². The van der Waals surface area contributed by atoms with E-state index in [1.807, 2.05) is 0 Å². The lowest BCUT2D eigenvalue weighted by molar-refractivity contribution is -0.120. The predicted molar refractivity (Wildman–Crippen MR) is 69.1 cm³/mol. The van der Waals surface area contributed by atoms with Crippen LogP contribution in [-0.2, 0) is 4.79 Å². The van der Waals surface area contributed by atoms with E-state index in [-0.39, 0.29) is 17.8 Å². The van der Waals surface area contributed by atoms with E-state index >= 15 is 0 Å². The lowest BCUT2D eigenvalue weighted by atomic mass is 10.1. The van der Waals surface area contributed by atoms with Crippen LogP contribution in [0.5, 0.6) is 0 Å². The third kappa shape index (κ3) is 1.91. The Morgan fingerprint density at radius 2 is 2.06 bits per heavy atom. The van der Waals surface area contributed by atoms with E-state index in [1.54, 1.807) is 25.9 Å². The zero-order valence-electron chi connectivity index (χ0n) is 10.5. The summed E-state index contributed by atoms with van der Waals surface area (Å²) in [6.45, 7) is 1.73. The van der Waals surface area contributed by atoms with Crippen LogP contribution in [0.25, 0.3) is 0 Å². The number of halogens is 1. The maximum absolute atomic E-state index is 12.2. The number of carbonyl (C=O) groups excluding carboxylic acids is 1. The largest absolute Gasteiger partial charge is 0.396 e. The van der Waals surface area contributed by atoms with Crippen LogP contribution in [0, 0.1) is 6.92 Å². The minimum atomic E-state index is -0.419. The molecule has 0 unspecified atom stereocenters. The van der Waals surface area contributed by atoms with Gasteiger partial charge in [0.1, 0.15) is 11.7 Å². The molecule has 0 aromatic carbocycles. The second-order valence-corrected chi connectivity index (χ2v) is 4.62. The molecule has 0 saturated heterocycles. The Labute approximate surface area is 110 Å². The Balaban J connectivity index is 2.56. The summed E-state index contributed by atoms with van der Waals surface area (Å²) in [6.07, 6.45) is 0.361. The van der Waals surface area contributed by atoms with Crippen molar-refractivity contribution in [3.63, 3.8) is 0 Å². The van der Waals surface area contributed by atoms with E-state index in [1.165, 1.54) is 4.90 Å². The SMILES string of the molecule is Cc1nc(Cl)nc2c1N(C)C(=O)[C@H](CCO)N2C. The van der Waals surface area contributed by atoms with Crippen LogP contribution in [0.3, 0.4) is 0 Å². The molecule has 0 aliphatic carbocycles. The standard InChI is InChI=1S/C11H15ClN4O2/c1-6-8-9(14-11(12)13-6)15(2)7(4-5-17)10(18)16(8)3/h7,17H,4-5H2,1-3H3/t7-/m0/s1. The Morgan fingerprint density at radius 3 is 2.67 bits per heavy atom. The second-order valence-electron chi connectivity index (χ2n) is 4.29. The summed E-state index contributed by atoms with van der Waals surface area (Å²) in [6, 6.07) is -0.419. The van der Waals surface area contributed by atoms with Crippen molar-refractivity contribution in [2.24, 2.45) is 0 Å². The first-order chi connectivity index (χ1) is 8.47. The topological polar surface area (TPSA) is 69.6 Å². The van der Waals surface area contributed by atoms with Crippen LogP contribution < -0.4 is 9.80 Å². The fourth-order valence-corrected chi connectivity index (χ4v) is 2.45. The summed E-state index contributed by atoms with van der Waals surface area (Å²) in [5.74, 6) is 0.543. The Kier molecular flexibility index (Phi) is 3.41. The second kappa shape index (κ2) is 4.70. The van der Waals surface area contributed by atoms with Crippen LogP contribution >= 0.6 is 11.6 Å². The normalized spacial score (nSPS) is 19.2. The molecule has 1 aromatic rings. The van der Waals surface area contributed by atoms with Gasteiger partial charge in [-0.3, -0.25) is 4.79 Å². The van der Waals surface area contributed by atoms with Crippen molar-refractivity contribution in [1.29, 1.82) is 0 Å². The van der Waals surface area contributed by atoms with Gasteiger partial charge in [0, 0.05) is 20.7 Å². The van der Waals surface area contributed by atoms with Crippen molar-refractivity contribution in [3.8, 4) is 0 Å². The van der Waals surface area contributed by atoms with Crippen LogP contribution in [0.4, 0.5) is 11.5 Å². The molecule has 1 aromatic heterocycles. The highest BCUT2D eigenvalue weighted by molar-refractivity contribution is 6.28. The zero-order chi connectivity index (χ0) is 13.4. The molecule has 98 valence electrons. The van der Waals surface area contributed by atoms with E-state index < -0.39 is 6.04 Å². The minimum absolute atomic E-state index is 0.0539. The van der Waals surface area contributed by atoms with Crippen LogP contribution in [0.1, 0.15) is 12.1 Å². The van der Waals surface area contributed by atoms with Crippen molar-refractivity contribution < 1.29 is 9.90 Å². The molecule has 2 rings (SSSR count). The molecule has 0 fully saturated rings. The van der Waals surface area contributed by atoms with Gasteiger partial charge in [0.15, 0.2) is 5.82 Å². The monoisotopic (exact) mass is 270 g/mol. The highest BCUT2D eigenvalue weighted by atomic mass is 35.5. The molecule has 0 spiro atoms. The summed E-state index contributed by atoms with van der Waals surface area (Å²) in [7, 11) is 3.45. The van der Waals surface area contributed by atoms with Gasteiger partial charge in [-0.2, -0.15) is 4.98 Å². The van der Waals surface area contributed by atoms with Crippen molar-refractivity contribution in [1.82, 2.24) is 9.97 Å². The highest BCUT2D eigenvalue weighted by Crippen LogP contribution is 2.36. The zero-order valence-corrected chi connectivity index (χ0v) is 11.3. The average molecular weight is 271 g/mol. The summed E-state index contributed by atoms with van der Waals surface area (Å²) in [4.78, 5) is 23.7. The third-order valence-corrected chi connectivity index (χ3v) is 3.34. The summed E-state index contributed by atoms with van der Waals surface area (Å²) >= 11 is 5.85. The lowest BCUT2D eigenvalue weighted by Crippen LogP contribution is -2.51. The molecule has 6 nitrogen and oxygen atoms in total. The molecule has 18 heavy (non-hydrogen) atoms. The predicted octanol–water partition coefficient (Wildman–Crippen LogP) is 0.602. The van der Waals surface area contributed by atoms with E-state index in [9.17, 15) is 4.79 Å². The van der Waals surface area contributed by atoms with E-state index in [4.69, 9.17) is 16.7 Å². The number of anilines is 2. The van der Waals surface area contributed by atoms with Gasteiger partial charge >= 0.3 is 0 Å². The molecule has 1 amide bonds. The highest BCUT2D eigenvalue weighted by Gasteiger charge is 2.36. The molecule has 0 saturated carbocycles. The molecule has 0 bridgehead atoms. The smallest absolute Gasteiger partial charge is 0.249 e. The number of aliphatic hydroxyl groups is 1. The first-order valence-electron chi connectivity index (χ1n) is 5.62. The molecule has 7 heteroatoms. The quantitative estimate of drug-likeness (QED) is 0.797. The van der Waals surface area contributed by atoms with Crippen molar-refractivity contribution in [3.05, 3.63) is 11.0 Å². The van der Waals surface area contributed by atoms with Gasteiger partial charge in [-0.05, 0) is 24.9 Å². The van der Waals surface area contributed by atoms with E-state index in [0.717, 1.165) is 0 Å². The van der Waals surface area contributed by atoms with Crippen LogP contribution in [0.15, 0.2) is 0 Å². The molecule has 1 N–H and O–H groups in total. The van der Waals surface area contributed by atoms with Gasteiger partial charge in [-0.1, -0.05) is 0 Å². The van der Waals surface area contributed by atoms with Gasteiger partial charge in [-0.15, -0.1) is 0 Å². The molecular formula is C11H15ClN4O2. The molecular weight excluding hydrogens is 256 g/mol. The number of carbonyl (C=O) groups is 1. The van der Waals surface area contributed by atoms with E-state index in [2.05, 4.69) is 9.97 Å². The maximum atomic E-state index is 12.2. The number of aromatic nitrogens is 2. The number of fused-ring (bicyclic) bond motifs is 1. The maximum Gasteiger partial charge on any atom is 0.249 e. The van der Waals surface area contributed by atoms with Gasteiger partial charge in [-0.25, -0.2) is 4.98 Å². The third-order valence-electron chi connectivity index (χ3n) is 3.17. The fourth-order valence-electron chi connectivity index (χ4n) is 2.24. The molecule has 2 heterocycles. The van der Waals surface area contributed by atoms with Gasteiger partial charge < -0.3 is 14.9 Å². The van der Waals surface area contributed by atoms with Gasteiger partial charge in [0.05, 0.1) is 5.69 Å². The first-order valence-corrected chi connectivity index (χ1v) is 6.00. The summed E-state index contributed by atoms with van der Waals surface area (Å²) < 4.78 is 0. The molecule has 1 atom stereocenters. The van der Waals surface area contributed by atoms with E-state index in [0.29, 0.717) is 23.6 Å². The number of nitrogens with zero attached hydrogens (tertiary/aromatic N) is 4. The number of aliphatic hydroxyl groups excluding tert-OH is 1. The summed E-state index contributed by atoms with van der Waals surface area (Å²) in [5, 5.41) is 9.20. The fraction of sp³-hybridized carbons (Fsp3) is 0.545. The minimum Gasteiger partial charge on any atom is -0.396 e. The van der Waals surface area contributed by atoms with Crippen molar-refractivity contribution >= 4 is 29.0 Å². The number of hydrogen-bond acceptors (Lipinski definition) is 5. The molecule has 1 aliphatic rings. The average Bonchev–Trinajstić information content (AvgIpc) is 2.31. The number of rotatable bonds is 2. The number of amides is 1. The Morgan fingerprint density at radius 1 is 1.39 bits per heavy atom. The molecule has 0 radical (unpaired) electrons. The first kappa shape index (κ1) is 13.0.